The topological polar surface area (TPSA) is 74.5 Å². The first-order chi connectivity index (χ1) is 15.7. The molecule has 0 bridgehead atoms. The summed E-state index contributed by atoms with van der Waals surface area (Å²) >= 11 is 0. The van der Waals surface area contributed by atoms with Gasteiger partial charge in [0.2, 0.25) is 5.91 Å². The van der Waals surface area contributed by atoms with Gasteiger partial charge < -0.3 is 14.6 Å². The van der Waals surface area contributed by atoms with Gasteiger partial charge in [-0.25, -0.2) is 0 Å². The molecular formula is C25H29N5O2. The first-order valence-corrected chi connectivity index (χ1v) is 11.4. The predicted octanol–water partition coefficient (Wildman–Crippen LogP) is 2.56. The average Bonchev–Trinajstić information content (AvgIpc) is 3.41. The van der Waals surface area contributed by atoms with Crippen molar-refractivity contribution in [1.82, 2.24) is 24.6 Å². The van der Waals surface area contributed by atoms with E-state index in [-0.39, 0.29) is 18.1 Å². The molecule has 0 saturated carbocycles. The highest BCUT2D eigenvalue weighted by atomic mass is 16.3. The van der Waals surface area contributed by atoms with Crippen molar-refractivity contribution in [3.05, 3.63) is 83.4 Å². The second-order valence-electron chi connectivity index (χ2n) is 8.75. The number of β-amino-alcohol motifs (C(OH)–C–C–N with tert-alkyl or cyclic N) is 1. The number of benzene rings is 2. The lowest BCUT2D eigenvalue weighted by Crippen LogP contribution is -2.39. The van der Waals surface area contributed by atoms with Crippen LogP contribution < -0.4 is 0 Å². The molecule has 2 atom stereocenters. The fourth-order valence-electron chi connectivity index (χ4n) is 4.83. The minimum absolute atomic E-state index is 0.0341. The molecule has 1 amide bonds. The number of carbonyl (C=O) groups is 1. The number of amides is 1. The zero-order chi connectivity index (χ0) is 21.9. The third-order valence-corrected chi connectivity index (χ3v) is 6.51. The first kappa shape index (κ1) is 20.8. The summed E-state index contributed by atoms with van der Waals surface area (Å²) in [6.07, 6.45) is 1.55. The Balaban J connectivity index is 1.26. The molecule has 7 heteroatoms. The lowest BCUT2D eigenvalue weighted by atomic mass is 10.1. The monoisotopic (exact) mass is 431 g/mol. The molecule has 2 aliphatic rings. The molecule has 1 aromatic heterocycles. The number of hydrogen-bond donors (Lipinski definition) is 1. The smallest absolute Gasteiger partial charge is 0.223 e. The van der Waals surface area contributed by atoms with Crippen LogP contribution in [0.4, 0.5) is 0 Å². The van der Waals surface area contributed by atoms with Crippen LogP contribution in [0.15, 0.2) is 60.7 Å². The Bertz CT molecular complexity index is 1050. The molecular weight excluding hydrogens is 402 g/mol. The molecule has 1 N–H and O–H groups in total. The second kappa shape index (κ2) is 9.22. The van der Waals surface area contributed by atoms with Gasteiger partial charge in [0.15, 0.2) is 11.6 Å². The number of hydrogen-bond acceptors (Lipinski definition) is 5. The third kappa shape index (κ3) is 4.45. The Labute approximate surface area is 188 Å². The number of carbonyl (C=O) groups excluding carboxylic acids is 1. The van der Waals surface area contributed by atoms with Crippen molar-refractivity contribution in [3.63, 3.8) is 0 Å². The van der Waals surface area contributed by atoms with E-state index in [9.17, 15) is 9.90 Å². The maximum Gasteiger partial charge on any atom is 0.223 e. The summed E-state index contributed by atoms with van der Waals surface area (Å²) < 4.78 is 2.15. The SMILES string of the molecule is O=C(CCc1ccccc1)N1CCn2c(nnc2[C@@H]2C[C@H](O)CN2Cc2ccccc2)C1. The Morgan fingerprint density at radius 3 is 2.44 bits per heavy atom. The van der Waals surface area contributed by atoms with Crippen LogP contribution in [0.25, 0.3) is 0 Å². The number of nitrogens with zero attached hydrogens (tertiary/aromatic N) is 5. The van der Waals surface area contributed by atoms with Crippen molar-refractivity contribution in [1.29, 1.82) is 0 Å². The van der Waals surface area contributed by atoms with Gasteiger partial charge in [0.1, 0.15) is 0 Å². The minimum atomic E-state index is -0.365. The van der Waals surface area contributed by atoms with E-state index in [1.54, 1.807) is 0 Å². The van der Waals surface area contributed by atoms with Crippen LogP contribution in [0, 0.1) is 0 Å². The fourth-order valence-corrected chi connectivity index (χ4v) is 4.83. The molecule has 1 saturated heterocycles. The molecule has 0 spiro atoms. The van der Waals surface area contributed by atoms with Gasteiger partial charge in [-0.1, -0.05) is 60.7 Å². The van der Waals surface area contributed by atoms with Crippen molar-refractivity contribution in [2.45, 2.75) is 51.0 Å². The molecule has 1 fully saturated rings. The van der Waals surface area contributed by atoms with E-state index in [1.165, 1.54) is 11.1 Å². The van der Waals surface area contributed by atoms with E-state index >= 15 is 0 Å². The molecule has 3 aromatic rings. The normalized spacial score (nSPS) is 21.0. The number of aryl methyl sites for hydroxylation is 1. The highest BCUT2D eigenvalue weighted by Gasteiger charge is 2.37. The summed E-state index contributed by atoms with van der Waals surface area (Å²) in [4.78, 5) is 16.9. The highest BCUT2D eigenvalue weighted by molar-refractivity contribution is 5.76. The molecule has 2 aliphatic heterocycles. The first-order valence-electron chi connectivity index (χ1n) is 11.4. The van der Waals surface area contributed by atoms with Crippen molar-refractivity contribution >= 4 is 5.91 Å². The van der Waals surface area contributed by atoms with Gasteiger partial charge in [0.25, 0.3) is 0 Å². The van der Waals surface area contributed by atoms with Gasteiger partial charge in [0, 0.05) is 32.6 Å². The molecule has 5 rings (SSSR count). The zero-order valence-electron chi connectivity index (χ0n) is 18.2. The fraction of sp³-hybridized carbons (Fsp3) is 0.400. The van der Waals surface area contributed by atoms with Crippen molar-refractivity contribution in [2.75, 3.05) is 13.1 Å². The third-order valence-electron chi connectivity index (χ3n) is 6.51. The van der Waals surface area contributed by atoms with Crippen molar-refractivity contribution < 1.29 is 9.90 Å². The van der Waals surface area contributed by atoms with E-state index in [1.807, 2.05) is 41.3 Å². The number of aliphatic hydroxyl groups excluding tert-OH is 1. The summed E-state index contributed by atoms with van der Waals surface area (Å²) in [5.41, 5.74) is 2.40. The van der Waals surface area contributed by atoms with E-state index in [4.69, 9.17) is 0 Å². The van der Waals surface area contributed by atoms with Gasteiger partial charge in [-0.05, 0) is 24.0 Å². The summed E-state index contributed by atoms with van der Waals surface area (Å²) in [6, 6.07) is 20.5. The van der Waals surface area contributed by atoms with Gasteiger partial charge in [-0.15, -0.1) is 10.2 Å². The van der Waals surface area contributed by atoms with Crippen LogP contribution in [-0.4, -0.2) is 54.8 Å². The number of likely N-dealkylation sites (tertiary alicyclic amines) is 1. The molecule has 2 aromatic carbocycles. The lowest BCUT2D eigenvalue weighted by molar-refractivity contribution is -0.132. The molecule has 7 nitrogen and oxygen atoms in total. The predicted molar refractivity (Wildman–Crippen MR) is 120 cm³/mol. The molecule has 166 valence electrons. The van der Waals surface area contributed by atoms with Gasteiger partial charge in [-0.2, -0.15) is 0 Å². The van der Waals surface area contributed by atoms with Crippen LogP contribution in [0.5, 0.6) is 0 Å². The summed E-state index contributed by atoms with van der Waals surface area (Å²) in [5.74, 6) is 1.90. The Hall–Kier alpha value is -3.03. The summed E-state index contributed by atoms with van der Waals surface area (Å²) in [6.45, 7) is 3.26. The average molecular weight is 432 g/mol. The Morgan fingerprint density at radius 2 is 1.69 bits per heavy atom. The number of rotatable bonds is 6. The number of aromatic nitrogens is 3. The van der Waals surface area contributed by atoms with Crippen LogP contribution in [0.1, 0.15) is 41.7 Å². The van der Waals surface area contributed by atoms with Gasteiger partial charge in [-0.3, -0.25) is 9.69 Å². The van der Waals surface area contributed by atoms with E-state index in [0.717, 1.165) is 24.6 Å². The Kier molecular flexibility index (Phi) is 6.01. The van der Waals surface area contributed by atoms with Crippen LogP contribution in [-0.2, 0) is 30.8 Å². The molecule has 0 aliphatic carbocycles. The summed E-state index contributed by atoms with van der Waals surface area (Å²) in [5, 5.41) is 19.3. The minimum Gasteiger partial charge on any atom is -0.392 e. The van der Waals surface area contributed by atoms with Gasteiger partial charge in [0.05, 0.1) is 18.7 Å². The number of fused-ring (bicyclic) bond motifs is 1. The maximum absolute atomic E-state index is 12.8. The van der Waals surface area contributed by atoms with E-state index < -0.39 is 0 Å². The van der Waals surface area contributed by atoms with Crippen LogP contribution >= 0.6 is 0 Å². The van der Waals surface area contributed by atoms with Crippen molar-refractivity contribution in [3.8, 4) is 0 Å². The van der Waals surface area contributed by atoms with E-state index in [2.05, 4.69) is 43.9 Å². The molecule has 3 heterocycles. The summed E-state index contributed by atoms with van der Waals surface area (Å²) in [7, 11) is 0. The Morgan fingerprint density at radius 1 is 0.969 bits per heavy atom. The maximum atomic E-state index is 12.8. The van der Waals surface area contributed by atoms with Crippen molar-refractivity contribution in [2.24, 2.45) is 0 Å². The molecule has 0 radical (unpaired) electrons. The standard InChI is InChI=1S/C25H29N5O2/c31-21-15-22(29(17-21)16-20-9-5-2-6-10-20)25-27-26-23-18-28(13-14-30(23)25)24(32)12-11-19-7-3-1-4-8-19/h1-10,21-22,31H,11-18H2/t21-,22-/m0/s1. The molecule has 32 heavy (non-hydrogen) atoms. The number of aliphatic hydroxyl groups is 1. The van der Waals surface area contributed by atoms with Crippen LogP contribution in [0.2, 0.25) is 0 Å². The van der Waals surface area contributed by atoms with E-state index in [0.29, 0.717) is 39.0 Å². The van der Waals surface area contributed by atoms with Crippen LogP contribution in [0.3, 0.4) is 0 Å². The highest BCUT2D eigenvalue weighted by Crippen LogP contribution is 2.33. The molecule has 0 unspecified atom stereocenters. The van der Waals surface area contributed by atoms with Gasteiger partial charge >= 0.3 is 0 Å². The lowest BCUT2D eigenvalue weighted by Gasteiger charge is -2.30. The zero-order valence-corrected chi connectivity index (χ0v) is 18.2. The quantitative estimate of drug-likeness (QED) is 0.649. The largest absolute Gasteiger partial charge is 0.392 e. The second-order valence-corrected chi connectivity index (χ2v) is 8.75.